The second-order valence-corrected chi connectivity index (χ2v) is 4.92. The van der Waals surface area contributed by atoms with Crippen LogP contribution in [0.15, 0.2) is 0 Å². The van der Waals surface area contributed by atoms with Crippen LogP contribution in [0.2, 0.25) is 0 Å². The Bertz CT molecular complexity index is 211. The first-order chi connectivity index (χ1) is 6.69. The number of amides is 1. The number of likely N-dealkylation sites (N-methyl/N-ethyl adjacent to an activating group) is 1. The fourth-order valence-corrected chi connectivity index (χ4v) is 1.41. The predicted molar refractivity (Wildman–Crippen MR) is 61.4 cm³/mol. The topological polar surface area (TPSA) is 66.6 Å². The summed E-state index contributed by atoms with van der Waals surface area (Å²) < 4.78 is 0. The van der Waals surface area contributed by atoms with Gasteiger partial charge in [-0.15, -0.1) is 0 Å². The van der Waals surface area contributed by atoms with Crippen molar-refractivity contribution in [3.05, 3.63) is 0 Å². The molecule has 0 fully saturated rings. The number of nitrogens with two attached hydrogens (primary N) is 1. The zero-order valence-electron chi connectivity index (χ0n) is 10.4. The Hall–Kier alpha value is -0.610. The molecule has 0 aromatic carbocycles. The van der Waals surface area contributed by atoms with Crippen molar-refractivity contribution in [2.24, 2.45) is 11.7 Å². The third-order valence-electron chi connectivity index (χ3n) is 2.54. The van der Waals surface area contributed by atoms with Gasteiger partial charge in [0.05, 0.1) is 11.6 Å². The van der Waals surface area contributed by atoms with Gasteiger partial charge in [-0.05, 0) is 19.8 Å². The van der Waals surface area contributed by atoms with E-state index in [2.05, 4.69) is 0 Å². The molecule has 0 aliphatic heterocycles. The molecule has 0 spiro atoms. The summed E-state index contributed by atoms with van der Waals surface area (Å²) in [5.74, 6) is 0.0632. The average Bonchev–Trinajstić information content (AvgIpc) is 2.11. The molecule has 1 amide bonds. The largest absolute Gasteiger partial charge is 0.389 e. The second-order valence-electron chi connectivity index (χ2n) is 4.92. The maximum Gasteiger partial charge on any atom is 0.239 e. The highest BCUT2D eigenvalue weighted by Gasteiger charge is 2.26. The van der Waals surface area contributed by atoms with Gasteiger partial charge in [0.25, 0.3) is 0 Å². The molecule has 0 aromatic rings. The number of carbonyl (C=O) groups excluding carboxylic acids is 1. The molecule has 0 bridgehead atoms. The van der Waals surface area contributed by atoms with E-state index >= 15 is 0 Å². The smallest absolute Gasteiger partial charge is 0.239 e. The molecule has 2 unspecified atom stereocenters. The predicted octanol–water partition coefficient (Wildman–Crippen LogP) is 0.589. The summed E-state index contributed by atoms with van der Waals surface area (Å²) >= 11 is 0. The van der Waals surface area contributed by atoms with E-state index in [0.717, 1.165) is 6.42 Å². The number of hydrogen-bond acceptors (Lipinski definition) is 3. The van der Waals surface area contributed by atoms with Gasteiger partial charge in [-0.3, -0.25) is 4.79 Å². The summed E-state index contributed by atoms with van der Waals surface area (Å²) in [4.78, 5) is 13.3. The van der Waals surface area contributed by atoms with Crippen LogP contribution in [0, 0.1) is 5.92 Å². The highest BCUT2D eigenvalue weighted by atomic mass is 16.3. The van der Waals surface area contributed by atoms with Crippen LogP contribution in [0.25, 0.3) is 0 Å². The van der Waals surface area contributed by atoms with E-state index in [-0.39, 0.29) is 11.8 Å². The van der Waals surface area contributed by atoms with Gasteiger partial charge in [0.2, 0.25) is 5.91 Å². The summed E-state index contributed by atoms with van der Waals surface area (Å²) in [5.41, 5.74) is 4.94. The molecule has 90 valence electrons. The highest BCUT2D eigenvalue weighted by Crippen LogP contribution is 2.10. The monoisotopic (exact) mass is 216 g/mol. The lowest BCUT2D eigenvalue weighted by Crippen LogP contribution is -2.49. The normalized spacial score (nSPS) is 15.9. The van der Waals surface area contributed by atoms with Gasteiger partial charge >= 0.3 is 0 Å². The highest BCUT2D eigenvalue weighted by molar-refractivity contribution is 5.81. The lowest BCUT2D eigenvalue weighted by atomic mass is 9.98. The van der Waals surface area contributed by atoms with Crippen LogP contribution >= 0.6 is 0 Å². The minimum absolute atomic E-state index is 0.105. The molecule has 3 N–H and O–H groups in total. The lowest BCUT2D eigenvalue weighted by molar-refractivity contribution is -0.135. The third-order valence-corrected chi connectivity index (χ3v) is 2.54. The SMILES string of the molecule is CCC(C)C(N)C(=O)N(C)CC(C)(C)O. The van der Waals surface area contributed by atoms with E-state index in [4.69, 9.17) is 5.73 Å². The van der Waals surface area contributed by atoms with Crippen LogP contribution < -0.4 is 5.73 Å². The van der Waals surface area contributed by atoms with Crippen molar-refractivity contribution in [1.29, 1.82) is 0 Å². The Kier molecular flexibility index (Phi) is 5.24. The summed E-state index contributed by atoms with van der Waals surface area (Å²) in [6, 6.07) is -0.470. The van der Waals surface area contributed by atoms with Crippen LogP contribution in [0.4, 0.5) is 0 Å². The zero-order valence-corrected chi connectivity index (χ0v) is 10.4. The molecule has 0 heterocycles. The Labute approximate surface area is 92.4 Å². The molecule has 0 rings (SSSR count). The van der Waals surface area contributed by atoms with Crippen LogP contribution in [0.3, 0.4) is 0 Å². The number of nitrogens with zero attached hydrogens (tertiary/aromatic N) is 1. The fraction of sp³-hybridized carbons (Fsp3) is 0.909. The van der Waals surface area contributed by atoms with E-state index < -0.39 is 11.6 Å². The van der Waals surface area contributed by atoms with Crippen molar-refractivity contribution in [2.75, 3.05) is 13.6 Å². The van der Waals surface area contributed by atoms with Crippen LogP contribution in [-0.4, -0.2) is 41.1 Å². The van der Waals surface area contributed by atoms with Gasteiger partial charge in [0.1, 0.15) is 0 Å². The molecule has 0 radical (unpaired) electrons. The number of hydrogen-bond donors (Lipinski definition) is 2. The summed E-state index contributed by atoms with van der Waals surface area (Å²) in [7, 11) is 1.67. The van der Waals surface area contributed by atoms with Crippen molar-refractivity contribution >= 4 is 5.91 Å². The quantitative estimate of drug-likeness (QED) is 0.707. The molecule has 15 heavy (non-hydrogen) atoms. The molecule has 0 saturated carbocycles. The first-order valence-electron chi connectivity index (χ1n) is 5.42. The van der Waals surface area contributed by atoms with E-state index in [1.807, 2.05) is 13.8 Å². The molecular formula is C11H24N2O2. The maximum atomic E-state index is 11.8. The van der Waals surface area contributed by atoms with Crippen LogP contribution in [-0.2, 0) is 4.79 Å². The van der Waals surface area contributed by atoms with Crippen molar-refractivity contribution in [2.45, 2.75) is 45.8 Å². The van der Waals surface area contributed by atoms with Gasteiger partial charge in [0, 0.05) is 13.6 Å². The molecule has 0 aliphatic carbocycles. The zero-order chi connectivity index (χ0) is 12.2. The van der Waals surface area contributed by atoms with Crippen LogP contribution in [0.1, 0.15) is 34.1 Å². The Morgan fingerprint density at radius 2 is 2.00 bits per heavy atom. The minimum Gasteiger partial charge on any atom is -0.389 e. The van der Waals surface area contributed by atoms with Gasteiger partial charge in [-0.1, -0.05) is 20.3 Å². The standard InChI is InChI=1S/C11H24N2O2/c1-6-8(2)9(12)10(14)13(5)7-11(3,4)15/h8-9,15H,6-7,12H2,1-5H3. The Balaban J connectivity index is 4.32. The first-order valence-corrected chi connectivity index (χ1v) is 5.42. The van der Waals surface area contributed by atoms with Crippen LogP contribution in [0.5, 0.6) is 0 Å². The lowest BCUT2D eigenvalue weighted by Gasteiger charge is -2.29. The minimum atomic E-state index is -0.875. The summed E-state index contributed by atoms with van der Waals surface area (Å²) in [6.45, 7) is 7.61. The van der Waals surface area contributed by atoms with E-state index in [0.29, 0.717) is 6.54 Å². The molecule has 4 heteroatoms. The van der Waals surface area contributed by atoms with Crippen molar-refractivity contribution < 1.29 is 9.90 Å². The maximum absolute atomic E-state index is 11.8. The van der Waals surface area contributed by atoms with Gasteiger partial charge in [-0.25, -0.2) is 0 Å². The van der Waals surface area contributed by atoms with Gasteiger partial charge in [-0.2, -0.15) is 0 Å². The van der Waals surface area contributed by atoms with Crippen molar-refractivity contribution in [3.8, 4) is 0 Å². The Morgan fingerprint density at radius 3 is 2.33 bits per heavy atom. The van der Waals surface area contributed by atoms with E-state index in [1.165, 1.54) is 4.90 Å². The Morgan fingerprint density at radius 1 is 1.53 bits per heavy atom. The van der Waals surface area contributed by atoms with E-state index in [1.54, 1.807) is 20.9 Å². The van der Waals surface area contributed by atoms with Gasteiger partial charge in [0.15, 0.2) is 0 Å². The number of rotatable bonds is 5. The number of aliphatic hydroxyl groups is 1. The molecule has 0 aromatic heterocycles. The van der Waals surface area contributed by atoms with Gasteiger partial charge < -0.3 is 15.7 Å². The molecule has 0 aliphatic rings. The number of carbonyl (C=O) groups is 1. The van der Waals surface area contributed by atoms with Crippen molar-refractivity contribution in [1.82, 2.24) is 4.90 Å². The van der Waals surface area contributed by atoms with E-state index in [9.17, 15) is 9.90 Å². The van der Waals surface area contributed by atoms with Crippen molar-refractivity contribution in [3.63, 3.8) is 0 Å². The molecule has 2 atom stereocenters. The summed E-state index contributed by atoms with van der Waals surface area (Å²) in [5, 5.41) is 9.58. The summed E-state index contributed by atoms with van der Waals surface area (Å²) in [6.07, 6.45) is 0.878. The third kappa shape index (κ3) is 5.14. The molecule has 0 saturated heterocycles. The molecule has 4 nitrogen and oxygen atoms in total. The average molecular weight is 216 g/mol. The first kappa shape index (κ1) is 14.4. The molecular weight excluding hydrogens is 192 g/mol. The second kappa shape index (κ2) is 5.47. The fourth-order valence-electron chi connectivity index (χ4n) is 1.41.